The van der Waals surface area contributed by atoms with Crippen molar-refractivity contribution in [3.63, 3.8) is 0 Å². The number of allylic oxidation sites excluding steroid dienone is 1. The van der Waals surface area contributed by atoms with E-state index in [1.807, 2.05) is 36.4 Å². The summed E-state index contributed by atoms with van der Waals surface area (Å²) in [5, 5.41) is 0. The molecule has 0 radical (unpaired) electrons. The number of nitrogens with zero attached hydrogens (tertiary/aromatic N) is 5. The van der Waals surface area contributed by atoms with Gasteiger partial charge >= 0.3 is 11.7 Å². The van der Waals surface area contributed by atoms with Crippen molar-refractivity contribution in [2.45, 2.75) is 19.4 Å². The Morgan fingerprint density at radius 2 is 1.73 bits per heavy atom. The molecule has 0 saturated carbocycles. The minimum atomic E-state index is -0.493. The van der Waals surface area contributed by atoms with Crippen molar-refractivity contribution >= 4 is 28.8 Å². The molecule has 2 fully saturated rings. The summed E-state index contributed by atoms with van der Waals surface area (Å²) in [5.74, 6) is -0.211. The molecule has 0 N–H and O–H groups in total. The van der Waals surface area contributed by atoms with Crippen LogP contribution in [0.5, 0.6) is 5.75 Å². The van der Waals surface area contributed by atoms with E-state index in [2.05, 4.69) is 9.89 Å². The molecule has 0 unspecified atom stereocenters. The van der Waals surface area contributed by atoms with Gasteiger partial charge in [0, 0.05) is 31.9 Å². The number of rotatable bonds is 8. The van der Waals surface area contributed by atoms with Crippen molar-refractivity contribution in [3.8, 4) is 5.75 Å². The van der Waals surface area contributed by atoms with E-state index in [1.165, 1.54) is 21.4 Å². The average Bonchev–Trinajstić information content (AvgIpc) is 3.71. The van der Waals surface area contributed by atoms with Crippen LogP contribution in [0.2, 0.25) is 0 Å². The number of hydrogen-bond donors (Lipinski definition) is 0. The molecule has 10 nitrogen and oxygen atoms in total. The van der Waals surface area contributed by atoms with Gasteiger partial charge in [0.2, 0.25) is 5.75 Å². The van der Waals surface area contributed by atoms with Crippen LogP contribution in [0, 0.1) is 5.82 Å². The van der Waals surface area contributed by atoms with E-state index < -0.39 is 11.7 Å². The van der Waals surface area contributed by atoms with Crippen molar-refractivity contribution < 1.29 is 23.4 Å². The normalized spacial score (nSPS) is 16.7. The van der Waals surface area contributed by atoms with Gasteiger partial charge in [0.1, 0.15) is 24.7 Å². The van der Waals surface area contributed by atoms with E-state index in [0.717, 1.165) is 22.4 Å². The maximum absolute atomic E-state index is 14.3. The van der Waals surface area contributed by atoms with E-state index in [-0.39, 0.29) is 24.8 Å². The first-order valence-corrected chi connectivity index (χ1v) is 14.6. The van der Waals surface area contributed by atoms with Crippen molar-refractivity contribution in [2.75, 3.05) is 49.3 Å². The fourth-order valence-corrected chi connectivity index (χ4v) is 5.65. The molecular formula is C33H30FN5O5. The van der Waals surface area contributed by atoms with Gasteiger partial charge in [-0.2, -0.15) is 0 Å². The zero-order valence-corrected chi connectivity index (χ0v) is 23.9. The third kappa shape index (κ3) is 5.53. The van der Waals surface area contributed by atoms with E-state index >= 15 is 0 Å². The minimum Gasteiger partial charge on any atom is -0.481 e. The molecule has 5 heterocycles. The minimum absolute atomic E-state index is 0.0793. The summed E-state index contributed by atoms with van der Waals surface area (Å²) in [5.41, 5.74) is 4.89. The van der Waals surface area contributed by atoms with Crippen molar-refractivity contribution in [3.05, 3.63) is 112 Å². The van der Waals surface area contributed by atoms with Crippen LogP contribution >= 0.6 is 0 Å². The van der Waals surface area contributed by atoms with Crippen LogP contribution < -0.4 is 20.1 Å². The number of carbonyl (C=O) groups is 1. The van der Waals surface area contributed by atoms with Gasteiger partial charge in [0.15, 0.2) is 5.65 Å². The van der Waals surface area contributed by atoms with E-state index in [4.69, 9.17) is 19.2 Å². The SMILES string of the molecule is O=C1OCCN1c1cc(N2CCOCC2)cn2c(=O)c(OCc3ccccc3)c(C3=NC=C(Cc4ccc(F)cc4)C3)nc12. The Hall–Kier alpha value is -5.03. The van der Waals surface area contributed by atoms with Crippen LogP contribution in [0.15, 0.2) is 88.4 Å². The summed E-state index contributed by atoms with van der Waals surface area (Å²) in [7, 11) is 0. The number of aromatic nitrogens is 2. The van der Waals surface area contributed by atoms with Gasteiger partial charge in [-0.15, -0.1) is 0 Å². The Morgan fingerprint density at radius 3 is 2.48 bits per heavy atom. The van der Waals surface area contributed by atoms with Gasteiger partial charge in [-0.1, -0.05) is 42.5 Å². The standard InChI is InChI=1S/C33H30FN5O5/c34-25-8-6-22(7-9-25)16-24-17-27(35-19-24)29-30(44-21-23-4-2-1-3-5-23)32(40)39-20-26(37-10-13-42-14-11-37)18-28(31(39)36-29)38-12-15-43-33(38)41/h1-9,18-20H,10-17,21H2. The highest BCUT2D eigenvalue weighted by atomic mass is 19.1. The Balaban J connectivity index is 1.32. The lowest BCUT2D eigenvalue weighted by Gasteiger charge is -2.30. The summed E-state index contributed by atoms with van der Waals surface area (Å²) in [6.45, 7) is 3.15. The van der Waals surface area contributed by atoms with Gasteiger partial charge in [-0.3, -0.25) is 19.1 Å². The summed E-state index contributed by atoms with van der Waals surface area (Å²) in [6, 6.07) is 17.8. The highest BCUT2D eigenvalue weighted by molar-refractivity contribution is 6.05. The molecule has 224 valence electrons. The number of anilines is 2. The number of pyridine rings is 1. The van der Waals surface area contributed by atoms with E-state index in [1.54, 1.807) is 24.5 Å². The number of hydrogen-bond acceptors (Lipinski definition) is 8. The van der Waals surface area contributed by atoms with Gasteiger partial charge in [0.05, 0.1) is 36.8 Å². The third-order valence-corrected chi connectivity index (χ3v) is 7.92. The van der Waals surface area contributed by atoms with Crippen LogP contribution in [0.1, 0.15) is 23.2 Å². The molecule has 0 aliphatic carbocycles. The van der Waals surface area contributed by atoms with Crippen molar-refractivity contribution in [2.24, 2.45) is 4.99 Å². The van der Waals surface area contributed by atoms with Gasteiger partial charge in [-0.25, -0.2) is 14.2 Å². The summed E-state index contributed by atoms with van der Waals surface area (Å²) in [6.07, 6.45) is 4.04. The fraction of sp³-hybridized carbons (Fsp3) is 0.273. The Bertz CT molecular complexity index is 1830. The average molecular weight is 596 g/mol. The van der Waals surface area contributed by atoms with Gasteiger partial charge < -0.3 is 19.1 Å². The lowest BCUT2D eigenvalue weighted by Crippen LogP contribution is -2.37. The zero-order valence-electron chi connectivity index (χ0n) is 23.9. The number of ether oxygens (including phenoxy) is 3. The number of morpholine rings is 1. The summed E-state index contributed by atoms with van der Waals surface area (Å²) in [4.78, 5) is 40.4. The number of cyclic esters (lactones) is 1. The second kappa shape index (κ2) is 11.9. The first kappa shape index (κ1) is 27.8. The van der Waals surface area contributed by atoms with E-state index in [9.17, 15) is 14.0 Å². The lowest BCUT2D eigenvalue weighted by molar-refractivity contribution is 0.122. The molecule has 0 atom stereocenters. The number of halogens is 1. The smallest absolute Gasteiger partial charge is 0.414 e. The molecule has 3 aliphatic heterocycles. The predicted molar refractivity (Wildman–Crippen MR) is 163 cm³/mol. The maximum atomic E-state index is 14.3. The molecule has 2 saturated heterocycles. The van der Waals surface area contributed by atoms with Crippen LogP contribution in [0.25, 0.3) is 5.65 Å². The molecule has 2 aromatic heterocycles. The molecule has 44 heavy (non-hydrogen) atoms. The van der Waals surface area contributed by atoms with E-state index in [0.29, 0.717) is 68.4 Å². The highest BCUT2D eigenvalue weighted by Crippen LogP contribution is 2.32. The summed E-state index contributed by atoms with van der Waals surface area (Å²) >= 11 is 0. The highest BCUT2D eigenvalue weighted by Gasteiger charge is 2.30. The van der Waals surface area contributed by atoms with Crippen molar-refractivity contribution in [1.82, 2.24) is 9.38 Å². The molecule has 4 aromatic rings. The molecule has 11 heteroatoms. The zero-order chi connectivity index (χ0) is 30.0. The quantitative estimate of drug-likeness (QED) is 0.295. The first-order valence-electron chi connectivity index (χ1n) is 14.6. The Labute approximate surface area is 252 Å². The molecule has 1 amide bonds. The maximum Gasteiger partial charge on any atom is 0.414 e. The fourth-order valence-electron chi connectivity index (χ4n) is 5.65. The van der Waals surface area contributed by atoms with Gasteiger partial charge in [0.25, 0.3) is 0 Å². The number of carbonyl (C=O) groups excluding carboxylic acids is 1. The Morgan fingerprint density at radius 1 is 0.932 bits per heavy atom. The number of benzene rings is 2. The number of fused-ring (bicyclic) bond motifs is 1. The third-order valence-electron chi connectivity index (χ3n) is 7.92. The lowest BCUT2D eigenvalue weighted by atomic mass is 10.0. The van der Waals surface area contributed by atoms with Crippen molar-refractivity contribution in [1.29, 1.82) is 0 Å². The number of aliphatic imine (C=N–C) groups is 1. The van der Waals surface area contributed by atoms with Crippen LogP contribution in [0.3, 0.4) is 0 Å². The molecular weight excluding hydrogens is 565 g/mol. The number of amides is 1. The van der Waals surface area contributed by atoms with Crippen LogP contribution in [-0.2, 0) is 22.5 Å². The second-order valence-corrected chi connectivity index (χ2v) is 10.9. The van der Waals surface area contributed by atoms with Crippen LogP contribution in [-0.4, -0.2) is 60.6 Å². The predicted octanol–water partition coefficient (Wildman–Crippen LogP) is 4.53. The molecule has 3 aliphatic rings. The summed E-state index contributed by atoms with van der Waals surface area (Å²) < 4.78 is 31.9. The largest absolute Gasteiger partial charge is 0.481 e. The molecule has 2 aromatic carbocycles. The Kier molecular flexibility index (Phi) is 7.53. The molecule has 0 bridgehead atoms. The molecule has 0 spiro atoms. The van der Waals surface area contributed by atoms with Gasteiger partial charge in [-0.05, 0) is 41.3 Å². The monoisotopic (exact) mass is 595 g/mol. The first-order chi connectivity index (χ1) is 21.5. The van der Waals surface area contributed by atoms with Crippen LogP contribution in [0.4, 0.5) is 20.6 Å². The second-order valence-electron chi connectivity index (χ2n) is 10.9. The topological polar surface area (TPSA) is 98.0 Å². The molecule has 7 rings (SSSR count).